The number of benzene rings is 1. The van der Waals surface area contributed by atoms with Crippen LogP contribution in [0.1, 0.15) is 27.7 Å². The van der Waals surface area contributed by atoms with Crippen LogP contribution in [0.5, 0.6) is 0 Å². The maximum atomic E-state index is 12.0. The van der Waals surface area contributed by atoms with Crippen LogP contribution in [0.4, 0.5) is 21.9 Å². The van der Waals surface area contributed by atoms with Gasteiger partial charge in [-0.3, -0.25) is 10.1 Å². The van der Waals surface area contributed by atoms with Crippen LogP contribution in [0.15, 0.2) is 18.2 Å². The third-order valence-corrected chi connectivity index (χ3v) is 3.37. The van der Waals surface area contributed by atoms with E-state index in [2.05, 4.69) is 0 Å². The lowest BCUT2D eigenvalue weighted by Crippen LogP contribution is -2.39. The molecule has 1 amide bonds. The van der Waals surface area contributed by atoms with Crippen LogP contribution < -0.4 is 10.6 Å². The van der Waals surface area contributed by atoms with Gasteiger partial charge in [0.15, 0.2) is 0 Å². The standard InChI is InChI=1S/C16H26N4O4/c1-6-19(10-9-18(5)15(21)24-16(2,3)4)12-7-8-14(20(22)23)13(17)11-12/h7-8,11H,6,9-10,17H2,1-5H3. The van der Waals surface area contributed by atoms with Crippen LogP contribution in [0, 0.1) is 10.1 Å². The summed E-state index contributed by atoms with van der Waals surface area (Å²) in [4.78, 5) is 25.8. The summed E-state index contributed by atoms with van der Waals surface area (Å²) < 4.78 is 5.31. The van der Waals surface area contributed by atoms with Crippen LogP contribution in [0.25, 0.3) is 0 Å². The summed E-state index contributed by atoms with van der Waals surface area (Å²) in [7, 11) is 1.67. The first-order chi connectivity index (χ1) is 11.0. The lowest BCUT2D eigenvalue weighted by Gasteiger charge is -2.28. The van der Waals surface area contributed by atoms with E-state index in [0.29, 0.717) is 19.6 Å². The zero-order valence-corrected chi connectivity index (χ0v) is 14.9. The molecule has 0 saturated carbocycles. The van der Waals surface area contributed by atoms with Crippen molar-refractivity contribution in [1.82, 2.24) is 4.90 Å². The maximum absolute atomic E-state index is 12.0. The van der Waals surface area contributed by atoms with Crippen LogP contribution in [-0.4, -0.2) is 48.2 Å². The molecule has 0 aromatic heterocycles. The highest BCUT2D eigenvalue weighted by molar-refractivity contribution is 5.68. The van der Waals surface area contributed by atoms with Crippen LogP contribution in [0.3, 0.4) is 0 Å². The van der Waals surface area contributed by atoms with Gasteiger partial charge >= 0.3 is 6.09 Å². The minimum atomic E-state index is -0.539. The van der Waals surface area contributed by atoms with E-state index in [4.69, 9.17) is 10.5 Å². The number of hydrogen-bond donors (Lipinski definition) is 1. The summed E-state index contributed by atoms with van der Waals surface area (Å²) in [5.41, 5.74) is 5.98. The predicted molar refractivity (Wildman–Crippen MR) is 94.3 cm³/mol. The van der Waals surface area contributed by atoms with Gasteiger partial charge in [-0.25, -0.2) is 4.79 Å². The summed E-state index contributed by atoms with van der Waals surface area (Å²) in [5, 5.41) is 10.8. The van der Waals surface area contributed by atoms with Gasteiger partial charge in [0.05, 0.1) is 4.92 Å². The summed E-state index contributed by atoms with van der Waals surface area (Å²) in [6.07, 6.45) is -0.387. The Morgan fingerprint density at radius 2 is 1.96 bits per heavy atom. The number of carbonyl (C=O) groups excluding carboxylic acids is 1. The van der Waals surface area contributed by atoms with Crippen molar-refractivity contribution in [2.75, 3.05) is 37.3 Å². The molecule has 0 aliphatic heterocycles. The number of anilines is 2. The van der Waals surface area contributed by atoms with Gasteiger partial charge in [0, 0.05) is 38.4 Å². The molecule has 0 heterocycles. The second-order valence-electron chi connectivity index (χ2n) is 6.48. The monoisotopic (exact) mass is 338 g/mol. The molecule has 1 aromatic carbocycles. The number of amides is 1. The lowest BCUT2D eigenvalue weighted by atomic mass is 10.2. The molecule has 0 bridgehead atoms. The van der Waals surface area contributed by atoms with Gasteiger partial charge in [0.1, 0.15) is 11.3 Å². The van der Waals surface area contributed by atoms with E-state index in [1.165, 1.54) is 11.0 Å². The fourth-order valence-corrected chi connectivity index (χ4v) is 2.08. The molecule has 8 nitrogen and oxygen atoms in total. The zero-order chi connectivity index (χ0) is 18.5. The van der Waals surface area contributed by atoms with E-state index in [-0.39, 0.29) is 17.5 Å². The van der Waals surface area contributed by atoms with Gasteiger partial charge in [0.2, 0.25) is 0 Å². The van der Waals surface area contributed by atoms with E-state index in [1.807, 2.05) is 32.6 Å². The number of ether oxygens (including phenoxy) is 1. The Labute approximate surface area is 142 Å². The second-order valence-corrected chi connectivity index (χ2v) is 6.48. The van der Waals surface area contributed by atoms with Gasteiger partial charge < -0.3 is 20.3 Å². The summed E-state index contributed by atoms with van der Waals surface area (Å²) in [6, 6.07) is 4.63. The molecule has 1 aromatic rings. The number of carbonyl (C=O) groups is 1. The van der Waals surface area contributed by atoms with Crippen molar-refractivity contribution in [3.63, 3.8) is 0 Å². The van der Waals surface area contributed by atoms with Gasteiger partial charge in [-0.1, -0.05) is 0 Å². The minimum absolute atomic E-state index is 0.110. The van der Waals surface area contributed by atoms with E-state index in [1.54, 1.807) is 19.2 Å². The van der Waals surface area contributed by atoms with Gasteiger partial charge in [-0.15, -0.1) is 0 Å². The highest BCUT2D eigenvalue weighted by atomic mass is 16.6. The first-order valence-electron chi connectivity index (χ1n) is 7.78. The van der Waals surface area contributed by atoms with Crippen molar-refractivity contribution in [1.29, 1.82) is 0 Å². The average Bonchev–Trinajstić information content (AvgIpc) is 2.45. The third-order valence-electron chi connectivity index (χ3n) is 3.37. The van der Waals surface area contributed by atoms with Crippen molar-refractivity contribution in [3.05, 3.63) is 28.3 Å². The molecule has 0 radical (unpaired) electrons. The molecule has 0 saturated heterocycles. The molecule has 24 heavy (non-hydrogen) atoms. The second kappa shape index (κ2) is 7.85. The third kappa shape index (κ3) is 5.60. The van der Waals surface area contributed by atoms with Crippen molar-refractivity contribution >= 4 is 23.2 Å². The maximum Gasteiger partial charge on any atom is 0.410 e. The van der Waals surface area contributed by atoms with Crippen molar-refractivity contribution < 1.29 is 14.5 Å². The smallest absolute Gasteiger partial charge is 0.410 e. The largest absolute Gasteiger partial charge is 0.444 e. The Balaban J connectivity index is 2.73. The molecular weight excluding hydrogens is 312 g/mol. The van der Waals surface area contributed by atoms with E-state index < -0.39 is 10.5 Å². The molecule has 0 aliphatic carbocycles. The Kier molecular flexibility index (Phi) is 6.39. The normalized spacial score (nSPS) is 11.0. The van der Waals surface area contributed by atoms with Crippen molar-refractivity contribution in [3.8, 4) is 0 Å². The van der Waals surface area contributed by atoms with E-state index >= 15 is 0 Å². The number of nitrogens with zero attached hydrogens (tertiary/aromatic N) is 3. The topological polar surface area (TPSA) is 102 Å². The number of nitro groups is 1. The highest BCUT2D eigenvalue weighted by Gasteiger charge is 2.20. The summed E-state index contributed by atoms with van der Waals surface area (Å²) in [5.74, 6) is 0. The lowest BCUT2D eigenvalue weighted by molar-refractivity contribution is -0.383. The number of nitro benzene ring substituents is 1. The van der Waals surface area contributed by atoms with E-state index in [9.17, 15) is 14.9 Å². The molecule has 2 N–H and O–H groups in total. The Bertz CT molecular complexity index is 598. The number of rotatable bonds is 6. The quantitative estimate of drug-likeness (QED) is 0.486. The highest BCUT2D eigenvalue weighted by Crippen LogP contribution is 2.26. The van der Waals surface area contributed by atoms with Gasteiger partial charge in [-0.05, 0) is 39.8 Å². The predicted octanol–water partition coefficient (Wildman–Crippen LogP) is 2.87. The molecule has 0 atom stereocenters. The fourth-order valence-electron chi connectivity index (χ4n) is 2.08. The molecule has 134 valence electrons. The molecular formula is C16H26N4O4. The van der Waals surface area contributed by atoms with Crippen LogP contribution >= 0.6 is 0 Å². The average molecular weight is 338 g/mol. The van der Waals surface area contributed by atoms with Crippen molar-refractivity contribution in [2.24, 2.45) is 0 Å². The van der Waals surface area contributed by atoms with Gasteiger partial charge in [-0.2, -0.15) is 0 Å². The molecule has 0 unspecified atom stereocenters. The number of likely N-dealkylation sites (N-methyl/N-ethyl adjacent to an activating group) is 2. The van der Waals surface area contributed by atoms with Crippen LogP contribution in [-0.2, 0) is 4.74 Å². The number of hydrogen-bond acceptors (Lipinski definition) is 6. The Hall–Kier alpha value is -2.51. The first-order valence-corrected chi connectivity index (χ1v) is 7.78. The SMILES string of the molecule is CCN(CCN(C)C(=O)OC(C)(C)C)c1ccc([N+](=O)[O-])c(N)c1. The fraction of sp³-hybridized carbons (Fsp3) is 0.562. The summed E-state index contributed by atoms with van der Waals surface area (Å²) in [6.45, 7) is 9.11. The number of nitrogens with two attached hydrogens (primary N) is 1. The van der Waals surface area contributed by atoms with E-state index in [0.717, 1.165) is 5.69 Å². The molecule has 0 fully saturated rings. The molecule has 0 aliphatic rings. The molecule has 1 rings (SSSR count). The first kappa shape index (κ1) is 19.5. The zero-order valence-electron chi connectivity index (χ0n) is 14.9. The number of nitrogen functional groups attached to an aromatic ring is 1. The van der Waals surface area contributed by atoms with Crippen molar-refractivity contribution in [2.45, 2.75) is 33.3 Å². The minimum Gasteiger partial charge on any atom is -0.444 e. The summed E-state index contributed by atoms with van der Waals surface area (Å²) >= 11 is 0. The molecule has 8 heteroatoms. The van der Waals surface area contributed by atoms with Gasteiger partial charge in [0.25, 0.3) is 5.69 Å². The molecule has 0 spiro atoms. The van der Waals surface area contributed by atoms with Crippen LogP contribution in [0.2, 0.25) is 0 Å². The Morgan fingerprint density at radius 1 is 1.33 bits per heavy atom. The Morgan fingerprint density at radius 3 is 2.42 bits per heavy atom.